The van der Waals surface area contributed by atoms with Crippen molar-refractivity contribution >= 4 is 10.9 Å². The molecular weight excluding hydrogens is 454 g/mol. The first-order valence-corrected chi connectivity index (χ1v) is 13.4. The molecule has 0 saturated heterocycles. The Bertz CT molecular complexity index is 1420. The minimum Gasteiger partial charge on any atom is -0.488 e. The smallest absolute Gasteiger partial charge is 0.153 e. The van der Waals surface area contributed by atoms with Crippen LogP contribution in [-0.2, 0) is 18.4 Å². The quantitative estimate of drug-likeness (QED) is 0.274. The van der Waals surface area contributed by atoms with Gasteiger partial charge in [0.15, 0.2) is 5.69 Å². The second kappa shape index (κ2) is 10.7. The van der Waals surface area contributed by atoms with Gasteiger partial charge in [-0.1, -0.05) is 101 Å². The molecule has 0 N–H and O–H groups in total. The summed E-state index contributed by atoms with van der Waals surface area (Å²) in [5.41, 5.74) is 6.96. The van der Waals surface area contributed by atoms with Gasteiger partial charge in [0.2, 0.25) is 0 Å². The van der Waals surface area contributed by atoms with Gasteiger partial charge >= 0.3 is 0 Å². The lowest BCUT2D eigenvalue weighted by atomic mass is 9.80. The molecule has 0 spiro atoms. The molecule has 4 aromatic rings. The summed E-state index contributed by atoms with van der Waals surface area (Å²) in [6.07, 6.45) is 9.33. The molecule has 2 aromatic heterocycles. The Kier molecular flexibility index (Phi) is 7.24. The van der Waals surface area contributed by atoms with Crippen molar-refractivity contribution in [3.05, 3.63) is 89.2 Å². The average molecular weight is 490 g/mol. The zero-order valence-electron chi connectivity index (χ0n) is 22.1. The molecule has 2 heterocycles. The second-order valence-electron chi connectivity index (χ2n) is 11.3. The average Bonchev–Trinajstić information content (AvgIpc) is 2.91. The van der Waals surface area contributed by atoms with E-state index in [1.165, 1.54) is 43.2 Å². The highest BCUT2D eigenvalue weighted by atomic mass is 16.5. The molecule has 0 radical (unpaired) electrons. The van der Waals surface area contributed by atoms with Crippen LogP contribution >= 0.6 is 0 Å². The maximum atomic E-state index is 9.77. The Morgan fingerprint density at radius 1 is 0.973 bits per heavy atom. The molecule has 37 heavy (non-hydrogen) atoms. The van der Waals surface area contributed by atoms with Crippen LogP contribution in [0.1, 0.15) is 75.3 Å². The number of nitrogens with zero attached hydrogens (tertiary/aromatic N) is 3. The number of ether oxygens (including phenoxy) is 1. The van der Waals surface area contributed by atoms with E-state index in [1.807, 2.05) is 42.5 Å². The Morgan fingerprint density at radius 3 is 2.49 bits per heavy atom. The minimum atomic E-state index is 0.0774. The maximum Gasteiger partial charge on any atom is 0.153 e. The van der Waals surface area contributed by atoms with Crippen molar-refractivity contribution in [2.24, 2.45) is 5.92 Å². The van der Waals surface area contributed by atoms with Gasteiger partial charge in [0.05, 0.1) is 16.6 Å². The SMILES string of the molecule is CC(C)(C)c1ccc(-c2cc(OCc3ccccc3)c3c(C#N)nccc3n2)c(CC2CCCCC2)c1. The zero-order valence-corrected chi connectivity index (χ0v) is 22.1. The summed E-state index contributed by atoms with van der Waals surface area (Å²) in [5, 5.41) is 10.4. The molecule has 1 saturated carbocycles. The standard InChI is InChI=1S/C33H35N3O/c1-33(2,3)26-14-15-27(25(19-26)18-23-10-6-4-7-11-23)29-20-31(37-22-24-12-8-5-9-13-24)32-28(36-29)16-17-35-30(32)21-34/h5,8-9,12-17,19-20,23H,4,6-7,10-11,18,22H2,1-3H3. The number of hydrogen-bond acceptors (Lipinski definition) is 4. The van der Waals surface area contributed by atoms with Crippen LogP contribution in [0.2, 0.25) is 0 Å². The molecule has 0 aliphatic heterocycles. The molecule has 5 rings (SSSR count). The fourth-order valence-corrected chi connectivity index (χ4v) is 5.40. The van der Waals surface area contributed by atoms with Crippen LogP contribution in [0.15, 0.2) is 66.9 Å². The third-order valence-corrected chi connectivity index (χ3v) is 7.51. The molecule has 4 heteroatoms. The van der Waals surface area contributed by atoms with E-state index < -0.39 is 0 Å². The van der Waals surface area contributed by atoms with Crippen LogP contribution < -0.4 is 4.74 Å². The number of aromatic nitrogens is 2. The van der Waals surface area contributed by atoms with Crippen molar-refractivity contribution in [3.63, 3.8) is 0 Å². The number of fused-ring (bicyclic) bond motifs is 1. The highest BCUT2D eigenvalue weighted by Crippen LogP contribution is 2.37. The predicted molar refractivity (Wildman–Crippen MR) is 149 cm³/mol. The number of hydrogen-bond donors (Lipinski definition) is 0. The molecule has 4 nitrogen and oxygen atoms in total. The van der Waals surface area contributed by atoms with E-state index in [2.05, 4.69) is 50.0 Å². The molecule has 1 aliphatic carbocycles. The molecule has 0 bridgehead atoms. The number of rotatable bonds is 6. The predicted octanol–water partition coefficient (Wildman–Crippen LogP) is 8.17. The van der Waals surface area contributed by atoms with Crippen LogP contribution in [-0.4, -0.2) is 9.97 Å². The van der Waals surface area contributed by atoms with Crippen LogP contribution in [0.5, 0.6) is 5.75 Å². The second-order valence-corrected chi connectivity index (χ2v) is 11.3. The normalized spacial score (nSPS) is 14.4. The van der Waals surface area contributed by atoms with Crippen molar-refractivity contribution < 1.29 is 4.74 Å². The molecule has 0 unspecified atom stereocenters. The highest BCUT2D eigenvalue weighted by molar-refractivity contribution is 5.91. The Hall–Kier alpha value is -3.71. The Labute approximate surface area is 220 Å². The summed E-state index contributed by atoms with van der Waals surface area (Å²) in [4.78, 5) is 9.34. The van der Waals surface area contributed by atoms with E-state index in [1.54, 1.807) is 6.20 Å². The molecule has 2 aromatic carbocycles. The van der Waals surface area contributed by atoms with E-state index in [0.717, 1.165) is 28.8 Å². The van der Waals surface area contributed by atoms with Crippen LogP contribution in [0, 0.1) is 17.2 Å². The van der Waals surface area contributed by atoms with Crippen LogP contribution in [0.3, 0.4) is 0 Å². The van der Waals surface area contributed by atoms with Gasteiger partial charge in [-0.05, 0) is 40.5 Å². The minimum absolute atomic E-state index is 0.0774. The molecular formula is C33H35N3O. The first-order valence-electron chi connectivity index (χ1n) is 13.4. The zero-order chi connectivity index (χ0) is 25.8. The van der Waals surface area contributed by atoms with Gasteiger partial charge < -0.3 is 4.74 Å². The van der Waals surface area contributed by atoms with Gasteiger partial charge in [0.1, 0.15) is 18.4 Å². The van der Waals surface area contributed by atoms with Crippen LogP contribution in [0.25, 0.3) is 22.2 Å². The van der Waals surface area contributed by atoms with Crippen LogP contribution in [0.4, 0.5) is 0 Å². The molecule has 1 aliphatic rings. The van der Waals surface area contributed by atoms with Gasteiger partial charge in [-0.25, -0.2) is 9.97 Å². The Balaban J connectivity index is 1.62. The highest BCUT2D eigenvalue weighted by Gasteiger charge is 2.22. The van der Waals surface area contributed by atoms with E-state index in [4.69, 9.17) is 9.72 Å². The first kappa shape index (κ1) is 25.0. The molecule has 0 amide bonds. The van der Waals surface area contributed by atoms with Crippen molar-refractivity contribution in [1.29, 1.82) is 5.26 Å². The van der Waals surface area contributed by atoms with Gasteiger partial charge in [-0.15, -0.1) is 0 Å². The van der Waals surface area contributed by atoms with Gasteiger partial charge in [0, 0.05) is 17.8 Å². The molecule has 0 atom stereocenters. The van der Waals surface area contributed by atoms with Gasteiger partial charge in [-0.2, -0.15) is 5.26 Å². The van der Waals surface area contributed by atoms with Crippen molar-refractivity contribution in [2.45, 2.75) is 71.3 Å². The number of pyridine rings is 2. The van der Waals surface area contributed by atoms with Gasteiger partial charge in [-0.3, -0.25) is 0 Å². The lowest BCUT2D eigenvalue weighted by Gasteiger charge is -2.25. The number of nitriles is 1. The lowest BCUT2D eigenvalue weighted by Crippen LogP contribution is -2.14. The van der Waals surface area contributed by atoms with Crippen molar-refractivity contribution in [2.75, 3.05) is 0 Å². The fourth-order valence-electron chi connectivity index (χ4n) is 5.40. The summed E-state index contributed by atoms with van der Waals surface area (Å²) in [6.45, 7) is 7.23. The fraction of sp³-hybridized carbons (Fsp3) is 0.364. The summed E-state index contributed by atoms with van der Waals surface area (Å²) in [6, 6.07) is 23.1. The molecule has 1 fully saturated rings. The summed E-state index contributed by atoms with van der Waals surface area (Å²) in [5.74, 6) is 1.36. The largest absolute Gasteiger partial charge is 0.488 e. The van der Waals surface area contributed by atoms with Crippen molar-refractivity contribution in [3.8, 4) is 23.1 Å². The lowest BCUT2D eigenvalue weighted by molar-refractivity contribution is 0.310. The van der Waals surface area contributed by atoms with Gasteiger partial charge in [0.25, 0.3) is 0 Å². The topological polar surface area (TPSA) is 58.8 Å². The van der Waals surface area contributed by atoms with E-state index in [0.29, 0.717) is 29.4 Å². The summed E-state index contributed by atoms with van der Waals surface area (Å²) < 4.78 is 6.35. The monoisotopic (exact) mass is 489 g/mol. The third-order valence-electron chi connectivity index (χ3n) is 7.51. The first-order chi connectivity index (χ1) is 17.9. The van der Waals surface area contributed by atoms with Crippen molar-refractivity contribution in [1.82, 2.24) is 9.97 Å². The van der Waals surface area contributed by atoms with E-state index in [-0.39, 0.29) is 5.41 Å². The Morgan fingerprint density at radius 2 is 1.76 bits per heavy atom. The maximum absolute atomic E-state index is 9.77. The van der Waals surface area contributed by atoms with E-state index in [9.17, 15) is 5.26 Å². The summed E-state index contributed by atoms with van der Waals surface area (Å²) in [7, 11) is 0. The third kappa shape index (κ3) is 5.67. The van der Waals surface area contributed by atoms with E-state index >= 15 is 0 Å². The number of benzene rings is 2. The molecule has 188 valence electrons. The summed E-state index contributed by atoms with van der Waals surface area (Å²) >= 11 is 0.